The molecule has 3 aromatic rings. The maximum absolute atomic E-state index is 13.3. The Hall–Kier alpha value is -2.80. The Morgan fingerprint density at radius 2 is 1.55 bits per heavy atom. The van der Waals surface area contributed by atoms with Crippen molar-refractivity contribution in [2.75, 3.05) is 19.6 Å². The van der Waals surface area contributed by atoms with Crippen molar-refractivity contribution in [2.45, 2.75) is 16.9 Å². The second kappa shape index (κ2) is 11.1. The standard InChI is InChI=1S/C25H24Cl2N6O3S2/c26-19-8-6-18(7-9-19)24-23(17-4-2-1-3-5-17)16-33(30-24)25(29-21-14-32(15-21)37(28)34)31-38(35,36)22-12-10-20(27)11-13-22/h1-13,21,23H,14-16,28H2,(H,29,31)/t23-,37?/m1/s1. The van der Waals surface area contributed by atoms with Gasteiger partial charge in [-0.05, 0) is 47.5 Å². The van der Waals surface area contributed by atoms with Crippen molar-refractivity contribution in [1.29, 1.82) is 0 Å². The van der Waals surface area contributed by atoms with Gasteiger partial charge in [-0.15, -0.1) is 0 Å². The lowest BCUT2D eigenvalue weighted by Crippen LogP contribution is -2.54. The normalized spacial score (nSPS) is 19.7. The van der Waals surface area contributed by atoms with Crippen LogP contribution in [-0.4, -0.2) is 59.3 Å². The molecule has 5 rings (SSSR count). The first-order valence-electron chi connectivity index (χ1n) is 11.6. The molecule has 38 heavy (non-hydrogen) atoms. The van der Waals surface area contributed by atoms with E-state index in [2.05, 4.69) is 9.71 Å². The monoisotopic (exact) mass is 590 g/mol. The van der Waals surface area contributed by atoms with E-state index in [1.165, 1.54) is 24.3 Å². The predicted molar refractivity (Wildman–Crippen MR) is 151 cm³/mol. The van der Waals surface area contributed by atoms with E-state index in [4.69, 9.17) is 33.4 Å². The van der Waals surface area contributed by atoms with Crippen LogP contribution in [0.4, 0.5) is 0 Å². The number of rotatable bonds is 6. The number of nitrogens with zero attached hydrogens (tertiary/aromatic N) is 4. The number of hydrogen-bond donors (Lipinski definition) is 2. The highest BCUT2D eigenvalue weighted by Gasteiger charge is 2.35. The summed E-state index contributed by atoms with van der Waals surface area (Å²) >= 11 is 10.5. The lowest BCUT2D eigenvalue weighted by Gasteiger charge is -2.34. The zero-order valence-corrected chi connectivity index (χ0v) is 23.1. The maximum Gasteiger partial charge on any atom is 0.264 e. The molecule has 3 aromatic carbocycles. The number of guanidine groups is 1. The van der Waals surface area contributed by atoms with Crippen LogP contribution in [0.1, 0.15) is 17.0 Å². The quantitative estimate of drug-likeness (QED) is 0.338. The molecule has 0 amide bonds. The molecule has 0 spiro atoms. The highest BCUT2D eigenvalue weighted by molar-refractivity contribution is 7.90. The Bertz CT molecular complexity index is 1490. The molecular weight excluding hydrogens is 567 g/mol. The molecule has 2 aliphatic heterocycles. The van der Waals surface area contributed by atoms with Crippen molar-refractivity contribution < 1.29 is 12.6 Å². The third kappa shape index (κ3) is 5.93. The fourth-order valence-electron chi connectivity index (χ4n) is 4.22. The van der Waals surface area contributed by atoms with Gasteiger partial charge in [0.1, 0.15) is 0 Å². The van der Waals surface area contributed by atoms with E-state index in [1.807, 2.05) is 42.5 Å². The summed E-state index contributed by atoms with van der Waals surface area (Å²) in [5.74, 6) is -0.0886. The Labute approximate surface area is 233 Å². The van der Waals surface area contributed by atoms with Gasteiger partial charge in [-0.3, -0.25) is 0 Å². The van der Waals surface area contributed by atoms with E-state index in [9.17, 15) is 12.6 Å². The third-order valence-electron chi connectivity index (χ3n) is 6.24. The molecule has 198 valence electrons. The maximum atomic E-state index is 13.3. The number of nitrogens with one attached hydrogen (secondary N) is 1. The Morgan fingerprint density at radius 1 is 0.947 bits per heavy atom. The van der Waals surface area contributed by atoms with Crippen LogP contribution in [0.5, 0.6) is 0 Å². The molecule has 9 nitrogen and oxygen atoms in total. The molecule has 13 heteroatoms. The van der Waals surface area contributed by atoms with Crippen molar-refractivity contribution in [3.63, 3.8) is 0 Å². The van der Waals surface area contributed by atoms with Crippen LogP contribution in [0.15, 0.2) is 93.9 Å². The van der Waals surface area contributed by atoms with Gasteiger partial charge in [0, 0.05) is 29.1 Å². The van der Waals surface area contributed by atoms with Crippen LogP contribution in [0, 0.1) is 0 Å². The van der Waals surface area contributed by atoms with Crippen molar-refractivity contribution in [3.8, 4) is 0 Å². The zero-order valence-electron chi connectivity index (χ0n) is 19.9. The van der Waals surface area contributed by atoms with Gasteiger partial charge in [-0.1, -0.05) is 65.7 Å². The van der Waals surface area contributed by atoms with Crippen LogP contribution in [0.3, 0.4) is 0 Å². The molecule has 0 bridgehead atoms. The zero-order chi connectivity index (χ0) is 26.9. The van der Waals surface area contributed by atoms with Crippen LogP contribution in [0.25, 0.3) is 0 Å². The minimum Gasteiger partial charge on any atom is -0.248 e. The van der Waals surface area contributed by atoms with Crippen LogP contribution in [0.2, 0.25) is 10.0 Å². The first-order chi connectivity index (χ1) is 18.2. The molecule has 0 saturated carbocycles. The number of sulfonamides is 1. The Morgan fingerprint density at radius 3 is 2.16 bits per heavy atom. The summed E-state index contributed by atoms with van der Waals surface area (Å²) in [6, 6.07) is 22.7. The number of hydrazone groups is 1. The van der Waals surface area contributed by atoms with E-state index in [0.29, 0.717) is 29.7 Å². The second-order valence-corrected chi connectivity index (χ2v) is 12.5. The molecule has 1 unspecified atom stereocenters. The van der Waals surface area contributed by atoms with Crippen LogP contribution >= 0.6 is 23.2 Å². The smallest absolute Gasteiger partial charge is 0.248 e. The molecule has 2 atom stereocenters. The third-order valence-corrected chi connectivity index (χ3v) is 8.89. The minimum absolute atomic E-state index is 0.0357. The van der Waals surface area contributed by atoms with Gasteiger partial charge in [0.25, 0.3) is 10.0 Å². The average molecular weight is 592 g/mol. The molecule has 0 aromatic heterocycles. The van der Waals surface area contributed by atoms with Gasteiger partial charge >= 0.3 is 0 Å². The van der Waals surface area contributed by atoms with E-state index >= 15 is 0 Å². The van der Waals surface area contributed by atoms with Gasteiger partial charge in [-0.2, -0.15) is 5.10 Å². The van der Waals surface area contributed by atoms with Crippen molar-refractivity contribution >= 4 is 56.1 Å². The first-order valence-corrected chi connectivity index (χ1v) is 15.0. The van der Waals surface area contributed by atoms with Crippen molar-refractivity contribution in [1.82, 2.24) is 14.0 Å². The topological polar surface area (TPSA) is 120 Å². The number of hydrogen-bond acceptors (Lipinski definition) is 5. The highest BCUT2D eigenvalue weighted by atomic mass is 35.5. The van der Waals surface area contributed by atoms with E-state index in [1.54, 1.807) is 21.4 Å². The summed E-state index contributed by atoms with van der Waals surface area (Å²) in [5, 5.41) is 12.9. The van der Waals surface area contributed by atoms with Gasteiger partial charge in [0.15, 0.2) is 11.2 Å². The first kappa shape index (κ1) is 26.8. The van der Waals surface area contributed by atoms with Gasteiger partial charge in [0.2, 0.25) is 5.96 Å². The summed E-state index contributed by atoms with van der Waals surface area (Å²) in [4.78, 5) is 4.70. The number of aliphatic imine (C=N–C) groups is 1. The van der Waals surface area contributed by atoms with Crippen molar-refractivity contribution in [2.24, 2.45) is 15.2 Å². The Balaban J connectivity index is 1.52. The van der Waals surface area contributed by atoms with Crippen molar-refractivity contribution in [3.05, 3.63) is 100 Å². The molecular formula is C25H24Cl2N6O3S2. The largest absolute Gasteiger partial charge is 0.264 e. The fourth-order valence-corrected chi connectivity index (χ4v) is 6.12. The fraction of sp³-hybridized carbons (Fsp3) is 0.200. The molecule has 0 radical (unpaired) electrons. The summed E-state index contributed by atoms with van der Waals surface area (Å²) in [7, 11) is -4.01. The lowest BCUT2D eigenvalue weighted by atomic mass is 9.91. The minimum atomic E-state index is -4.01. The molecule has 2 aliphatic rings. The SMILES string of the molecule is NS(=O)N1CC(N=C(NS(=O)(=O)c2ccc(Cl)cc2)N2C[C@H](c3ccccc3)C(c3ccc(Cl)cc3)=N2)C1. The summed E-state index contributed by atoms with van der Waals surface area (Å²) in [6.45, 7) is 1.02. The Kier molecular flexibility index (Phi) is 7.85. The number of nitrogens with two attached hydrogens (primary N) is 1. The molecule has 3 N–H and O–H groups in total. The molecule has 1 fully saturated rings. The second-order valence-electron chi connectivity index (χ2n) is 8.83. The van der Waals surface area contributed by atoms with E-state index < -0.39 is 21.2 Å². The predicted octanol–water partition coefficient (Wildman–Crippen LogP) is 3.35. The molecule has 0 aliphatic carbocycles. The average Bonchev–Trinajstić information content (AvgIpc) is 3.31. The van der Waals surface area contributed by atoms with Gasteiger partial charge in [0.05, 0.1) is 23.2 Å². The van der Waals surface area contributed by atoms with Gasteiger partial charge < -0.3 is 0 Å². The van der Waals surface area contributed by atoms with E-state index in [-0.39, 0.29) is 22.8 Å². The summed E-state index contributed by atoms with van der Waals surface area (Å²) in [5.41, 5.74) is 2.64. The van der Waals surface area contributed by atoms with E-state index in [0.717, 1.165) is 16.8 Å². The summed E-state index contributed by atoms with van der Waals surface area (Å²) in [6.07, 6.45) is 0. The van der Waals surface area contributed by atoms with Crippen LogP contribution in [-0.2, 0) is 21.2 Å². The van der Waals surface area contributed by atoms with Crippen LogP contribution < -0.4 is 9.86 Å². The highest BCUT2D eigenvalue weighted by Crippen LogP contribution is 2.30. The lowest BCUT2D eigenvalue weighted by molar-refractivity contribution is 0.278. The molecule has 2 heterocycles. The number of benzene rings is 3. The molecule has 1 saturated heterocycles. The summed E-state index contributed by atoms with van der Waals surface area (Å²) < 4.78 is 42.4. The number of halogens is 2. The van der Waals surface area contributed by atoms with Gasteiger partial charge in [-0.25, -0.2) is 36.8 Å².